The summed E-state index contributed by atoms with van der Waals surface area (Å²) in [6, 6.07) is 7.05. The molecule has 1 aromatic rings. The second-order valence-corrected chi connectivity index (χ2v) is 4.28. The van der Waals surface area contributed by atoms with Gasteiger partial charge in [0.05, 0.1) is 18.1 Å². The van der Waals surface area contributed by atoms with E-state index in [1.807, 2.05) is 13.8 Å². The van der Waals surface area contributed by atoms with Crippen molar-refractivity contribution in [1.82, 2.24) is 0 Å². The summed E-state index contributed by atoms with van der Waals surface area (Å²) in [5.74, 6) is 0.464. The van der Waals surface area contributed by atoms with Gasteiger partial charge in [-0.05, 0) is 32.4 Å². The molecule has 0 amide bonds. The standard InChI is InChI=1S/C12H16N2O2/c1-12(2,8-13)6-7-16-10-5-3-4-9(15)11(10)14/h3-5,15H,6-7,14H2,1-2H3. The number of ether oxygens (including phenoxy) is 1. The van der Waals surface area contributed by atoms with E-state index in [4.69, 9.17) is 15.7 Å². The Bertz CT molecular complexity index is 408. The van der Waals surface area contributed by atoms with Crippen molar-refractivity contribution < 1.29 is 9.84 Å². The third-order valence-electron chi connectivity index (χ3n) is 2.33. The van der Waals surface area contributed by atoms with Gasteiger partial charge in [-0.3, -0.25) is 0 Å². The zero-order chi connectivity index (χ0) is 12.2. The van der Waals surface area contributed by atoms with Crippen LogP contribution >= 0.6 is 0 Å². The summed E-state index contributed by atoms with van der Waals surface area (Å²) >= 11 is 0. The molecule has 0 heterocycles. The van der Waals surface area contributed by atoms with Crippen molar-refractivity contribution in [2.24, 2.45) is 5.41 Å². The Morgan fingerprint density at radius 2 is 2.19 bits per heavy atom. The van der Waals surface area contributed by atoms with E-state index in [0.717, 1.165) is 0 Å². The molecule has 3 N–H and O–H groups in total. The van der Waals surface area contributed by atoms with Gasteiger partial charge in [0.2, 0.25) is 0 Å². The van der Waals surface area contributed by atoms with Crippen LogP contribution in [-0.4, -0.2) is 11.7 Å². The summed E-state index contributed by atoms with van der Waals surface area (Å²) in [5.41, 5.74) is 5.45. The van der Waals surface area contributed by atoms with Crippen molar-refractivity contribution >= 4 is 5.69 Å². The van der Waals surface area contributed by atoms with E-state index in [2.05, 4.69) is 6.07 Å². The summed E-state index contributed by atoms with van der Waals surface area (Å²) in [4.78, 5) is 0. The minimum Gasteiger partial charge on any atom is -0.506 e. The van der Waals surface area contributed by atoms with E-state index in [-0.39, 0.29) is 11.4 Å². The molecule has 0 aliphatic heterocycles. The minimum absolute atomic E-state index is 0.0112. The zero-order valence-electron chi connectivity index (χ0n) is 9.53. The monoisotopic (exact) mass is 220 g/mol. The first kappa shape index (κ1) is 12.2. The van der Waals surface area contributed by atoms with Crippen LogP contribution in [0.15, 0.2) is 18.2 Å². The van der Waals surface area contributed by atoms with Crippen LogP contribution in [-0.2, 0) is 0 Å². The van der Waals surface area contributed by atoms with E-state index in [9.17, 15) is 5.11 Å². The molecule has 16 heavy (non-hydrogen) atoms. The average Bonchev–Trinajstić information content (AvgIpc) is 2.24. The fraction of sp³-hybridized carbons (Fsp3) is 0.417. The highest BCUT2D eigenvalue weighted by molar-refractivity contribution is 5.61. The minimum atomic E-state index is -0.411. The summed E-state index contributed by atoms with van der Waals surface area (Å²) in [6.07, 6.45) is 0.610. The normalized spacial score (nSPS) is 10.8. The molecule has 1 aromatic carbocycles. The van der Waals surface area contributed by atoms with E-state index >= 15 is 0 Å². The Labute approximate surface area is 95.3 Å². The van der Waals surface area contributed by atoms with Gasteiger partial charge in [0.1, 0.15) is 17.2 Å². The predicted molar refractivity (Wildman–Crippen MR) is 62.0 cm³/mol. The Morgan fingerprint density at radius 1 is 1.50 bits per heavy atom. The molecule has 0 aliphatic carbocycles. The van der Waals surface area contributed by atoms with Gasteiger partial charge < -0.3 is 15.6 Å². The maximum atomic E-state index is 9.35. The smallest absolute Gasteiger partial charge is 0.145 e. The molecule has 0 aromatic heterocycles. The molecule has 0 saturated carbocycles. The highest BCUT2D eigenvalue weighted by Gasteiger charge is 2.16. The first-order chi connectivity index (χ1) is 7.46. The maximum Gasteiger partial charge on any atom is 0.145 e. The topological polar surface area (TPSA) is 79.3 Å². The third-order valence-corrected chi connectivity index (χ3v) is 2.33. The largest absolute Gasteiger partial charge is 0.506 e. The van der Waals surface area contributed by atoms with Crippen molar-refractivity contribution in [3.63, 3.8) is 0 Å². The number of nitriles is 1. The first-order valence-corrected chi connectivity index (χ1v) is 5.08. The predicted octanol–water partition coefficient (Wildman–Crippen LogP) is 2.29. The summed E-state index contributed by atoms with van der Waals surface area (Å²) < 4.78 is 5.42. The Kier molecular flexibility index (Phi) is 3.62. The molecule has 1 rings (SSSR count). The van der Waals surface area contributed by atoms with Gasteiger partial charge in [0.15, 0.2) is 0 Å². The number of rotatable bonds is 4. The summed E-state index contributed by atoms with van der Waals surface area (Å²) in [7, 11) is 0. The maximum absolute atomic E-state index is 9.35. The number of anilines is 1. The van der Waals surface area contributed by atoms with E-state index in [1.54, 1.807) is 12.1 Å². The van der Waals surface area contributed by atoms with Gasteiger partial charge in [-0.25, -0.2) is 0 Å². The quantitative estimate of drug-likeness (QED) is 0.602. The summed E-state index contributed by atoms with van der Waals surface area (Å²) in [5, 5.41) is 18.2. The summed E-state index contributed by atoms with van der Waals surface area (Å²) in [6.45, 7) is 4.10. The van der Waals surface area contributed by atoms with E-state index in [0.29, 0.717) is 18.8 Å². The number of aromatic hydroxyl groups is 1. The number of phenols is 1. The van der Waals surface area contributed by atoms with Crippen molar-refractivity contribution in [3.05, 3.63) is 18.2 Å². The Hall–Kier alpha value is -1.89. The average molecular weight is 220 g/mol. The molecule has 4 nitrogen and oxygen atoms in total. The van der Waals surface area contributed by atoms with Gasteiger partial charge in [-0.2, -0.15) is 5.26 Å². The van der Waals surface area contributed by atoms with Crippen LogP contribution in [0.4, 0.5) is 5.69 Å². The second kappa shape index (κ2) is 4.75. The molecule has 0 radical (unpaired) electrons. The number of nitrogen functional groups attached to an aromatic ring is 1. The molecule has 0 bridgehead atoms. The molecular weight excluding hydrogens is 204 g/mol. The molecule has 0 unspecified atom stereocenters. The van der Waals surface area contributed by atoms with E-state index in [1.165, 1.54) is 6.07 Å². The molecule has 0 saturated heterocycles. The first-order valence-electron chi connectivity index (χ1n) is 5.08. The molecule has 0 spiro atoms. The van der Waals surface area contributed by atoms with Gasteiger partial charge in [0, 0.05) is 0 Å². The SMILES string of the molecule is CC(C)(C#N)CCOc1cccc(O)c1N. The number of phenolic OH excluding ortho intramolecular Hbond substituents is 1. The van der Waals surface area contributed by atoms with Gasteiger partial charge in [0.25, 0.3) is 0 Å². The van der Waals surface area contributed by atoms with Crippen molar-refractivity contribution in [2.45, 2.75) is 20.3 Å². The second-order valence-electron chi connectivity index (χ2n) is 4.28. The number of benzene rings is 1. The van der Waals surface area contributed by atoms with Crippen LogP contribution in [0, 0.1) is 16.7 Å². The molecular formula is C12H16N2O2. The van der Waals surface area contributed by atoms with E-state index < -0.39 is 5.41 Å². The van der Waals surface area contributed by atoms with Crippen LogP contribution in [0.5, 0.6) is 11.5 Å². The lowest BCUT2D eigenvalue weighted by atomic mass is 9.92. The van der Waals surface area contributed by atoms with Crippen LogP contribution < -0.4 is 10.5 Å². The number of hydrogen-bond acceptors (Lipinski definition) is 4. The highest BCUT2D eigenvalue weighted by Crippen LogP contribution is 2.30. The molecule has 86 valence electrons. The fourth-order valence-corrected chi connectivity index (χ4v) is 1.13. The fourth-order valence-electron chi connectivity index (χ4n) is 1.13. The lowest BCUT2D eigenvalue weighted by molar-refractivity contribution is 0.265. The third kappa shape index (κ3) is 3.06. The lowest BCUT2D eigenvalue weighted by Crippen LogP contribution is -2.13. The van der Waals surface area contributed by atoms with Crippen LogP contribution in [0.3, 0.4) is 0 Å². The van der Waals surface area contributed by atoms with Crippen LogP contribution in [0.25, 0.3) is 0 Å². The number of nitrogens with zero attached hydrogens (tertiary/aromatic N) is 1. The van der Waals surface area contributed by atoms with Crippen LogP contribution in [0.2, 0.25) is 0 Å². The number of hydrogen-bond donors (Lipinski definition) is 2. The van der Waals surface area contributed by atoms with Crippen molar-refractivity contribution in [3.8, 4) is 17.6 Å². The molecule has 4 heteroatoms. The van der Waals surface area contributed by atoms with Crippen molar-refractivity contribution in [2.75, 3.05) is 12.3 Å². The Morgan fingerprint density at radius 3 is 2.81 bits per heavy atom. The zero-order valence-corrected chi connectivity index (χ0v) is 9.53. The Balaban J connectivity index is 2.57. The number of para-hydroxylation sites is 1. The van der Waals surface area contributed by atoms with Crippen LogP contribution in [0.1, 0.15) is 20.3 Å². The lowest BCUT2D eigenvalue weighted by Gasteiger charge is -2.16. The van der Waals surface area contributed by atoms with Gasteiger partial charge in [-0.1, -0.05) is 6.07 Å². The van der Waals surface area contributed by atoms with Crippen molar-refractivity contribution in [1.29, 1.82) is 5.26 Å². The highest BCUT2D eigenvalue weighted by atomic mass is 16.5. The van der Waals surface area contributed by atoms with Gasteiger partial charge >= 0.3 is 0 Å². The molecule has 0 aliphatic rings. The van der Waals surface area contributed by atoms with Gasteiger partial charge in [-0.15, -0.1) is 0 Å². The molecule has 0 fully saturated rings. The number of nitrogens with two attached hydrogens (primary N) is 1. The molecule has 0 atom stereocenters.